The van der Waals surface area contributed by atoms with Crippen LogP contribution in [0.3, 0.4) is 0 Å². The molecule has 0 saturated carbocycles. The molecule has 48 heavy (non-hydrogen) atoms. The molecular weight excluding hydrogens is 627 g/mol. The molecule has 1 N–H and O–H groups in total. The smallest absolute Gasteiger partial charge is 0.488 e. The number of pyridine rings is 1. The predicted molar refractivity (Wildman–Crippen MR) is 189 cm³/mol. The highest BCUT2D eigenvalue weighted by Crippen LogP contribution is 2.38. The number of hydrogen-bond donors (Lipinski definition) is 1. The van der Waals surface area contributed by atoms with Crippen molar-refractivity contribution in [1.82, 2.24) is 4.98 Å². The number of nitrogens with zero attached hydrogens (tertiary/aromatic N) is 2. The number of ether oxygens (including phenoxy) is 2. The summed E-state index contributed by atoms with van der Waals surface area (Å²) in [4.78, 5) is 15.8. The molecule has 8 nitrogen and oxygen atoms in total. The van der Waals surface area contributed by atoms with Crippen LogP contribution in [0.25, 0.3) is 11.1 Å². The van der Waals surface area contributed by atoms with Crippen molar-refractivity contribution < 1.29 is 28.7 Å². The van der Waals surface area contributed by atoms with Gasteiger partial charge >= 0.3 is 7.12 Å². The number of aliphatic hydroxyl groups is 1. The number of carbonyl (C=O) groups is 1. The summed E-state index contributed by atoms with van der Waals surface area (Å²) in [6, 6.07) is 19.2. The van der Waals surface area contributed by atoms with E-state index in [4.69, 9.17) is 40.8 Å². The van der Waals surface area contributed by atoms with E-state index in [-0.39, 0.29) is 13.2 Å². The maximum absolute atomic E-state index is 11.7. The van der Waals surface area contributed by atoms with Crippen LogP contribution in [0.2, 0.25) is 5.02 Å². The lowest BCUT2D eigenvalue weighted by Crippen LogP contribution is -2.41. The van der Waals surface area contributed by atoms with E-state index in [1.54, 1.807) is 18.3 Å². The SMILES string of the molecule is CCCO.Cc1c(COc2cc(OCc3cncc(C#N)c3)c(C=O)cc2Cl)cccc1-c1cccc(B2OC(C)(C)C(C)(C)O2)c1C. The Morgan fingerprint density at radius 1 is 0.938 bits per heavy atom. The molecule has 1 aromatic heterocycles. The largest absolute Gasteiger partial charge is 0.495 e. The molecule has 10 heteroatoms. The highest BCUT2D eigenvalue weighted by molar-refractivity contribution is 6.62. The molecule has 1 aliphatic heterocycles. The fourth-order valence-electron chi connectivity index (χ4n) is 5.12. The van der Waals surface area contributed by atoms with E-state index in [2.05, 4.69) is 70.8 Å². The number of aromatic nitrogens is 1. The van der Waals surface area contributed by atoms with Gasteiger partial charge in [0.05, 0.1) is 27.4 Å². The number of carbonyl (C=O) groups excluding carboxylic acids is 1. The molecule has 0 amide bonds. The molecule has 250 valence electrons. The molecule has 1 aliphatic rings. The van der Waals surface area contributed by atoms with E-state index in [1.165, 1.54) is 12.3 Å². The molecule has 4 aromatic rings. The monoisotopic (exact) mass is 668 g/mol. The summed E-state index contributed by atoms with van der Waals surface area (Å²) in [5.74, 6) is 0.710. The molecule has 0 unspecified atom stereocenters. The molecule has 0 atom stereocenters. The fourth-order valence-corrected chi connectivity index (χ4v) is 5.35. The van der Waals surface area contributed by atoms with Crippen molar-refractivity contribution in [2.24, 2.45) is 0 Å². The van der Waals surface area contributed by atoms with Crippen molar-refractivity contribution in [2.75, 3.05) is 6.61 Å². The van der Waals surface area contributed by atoms with E-state index >= 15 is 0 Å². The molecule has 1 saturated heterocycles. The minimum Gasteiger partial charge on any atom is -0.488 e. The molecule has 0 spiro atoms. The van der Waals surface area contributed by atoms with Gasteiger partial charge in [-0.1, -0.05) is 54.9 Å². The van der Waals surface area contributed by atoms with Crippen LogP contribution in [-0.4, -0.2) is 41.3 Å². The average Bonchev–Trinajstić information content (AvgIpc) is 3.29. The number of halogens is 1. The Morgan fingerprint density at radius 2 is 1.56 bits per heavy atom. The van der Waals surface area contributed by atoms with Gasteiger partial charge in [-0.25, -0.2) is 0 Å². The summed E-state index contributed by atoms with van der Waals surface area (Å²) >= 11 is 6.50. The summed E-state index contributed by atoms with van der Waals surface area (Å²) < 4.78 is 24.8. The van der Waals surface area contributed by atoms with Crippen LogP contribution < -0.4 is 14.9 Å². The topological polar surface area (TPSA) is 111 Å². The fraction of sp³-hybridized carbons (Fsp3) is 0.342. The lowest BCUT2D eigenvalue weighted by Gasteiger charge is -2.32. The van der Waals surface area contributed by atoms with Crippen LogP contribution >= 0.6 is 11.6 Å². The summed E-state index contributed by atoms with van der Waals surface area (Å²) in [6.07, 6.45) is 4.64. The molecule has 1 fully saturated rings. The Bertz CT molecular complexity index is 1780. The first kappa shape index (κ1) is 36.6. The Hall–Kier alpha value is -4.20. The predicted octanol–water partition coefficient (Wildman–Crippen LogP) is 7.55. The molecule has 5 rings (SSSR count). The van der Waals surface area contributed by atoms with Gasteiger partial charge in [0.1, 0.15) is 30.8 Å². The third-order valence-corrected chi connectivity index (χ3v) is 9.03. The van der Waals surface area contributed by atoms with E-state index in [1.807, 2.05) is 25.1 Å². The van der Waals surface area contributed by atoms with Gasteiger partial charge in [-0.3, -0.25) is 9.78 Å². The quantitative estimate of drug-likeness (QED) is 0.136. The molecule has 0 radical (unpaired) electrons. The number of rotatable bonds is 10. The van der Waals surface area contributed by atoms with Crippen molar-refractivity contribution in [1.29, 1.82) is 5.26 Å². The molecule has 0 aliphatic carbocycles. The minimum absolute atomic E-state index is 0.121. The van der Waals surface area contributed by atoms with Crippen molar-refractivity contribution in [3.8, 4) is 28.7 Å². The van der Waals surface area contributed by atoms with Gasteiger partial charge in [-0.2, -0.15) is 5.26 Å². The van der Waals surface area contributed by atoms with Gasteiger partial charge in [0, 0.05) is 30.6 Å². The van der Waals surface area contributed by atoms with Gasteiger partial charge in [0.15, 0.2) is 6.29 Å². The normalized spacial score (nSPS) is 14.5. The summed E-state index contributed by atoms with van der Waals surface area (Å²) in [7, 11) is -0.453. The highest BCUT2D eigenvalue weighted by Gasteiger charge is 2.52. The van der Waals surface area contributed by atoms with Crippen molar-refractivity contribution in [2.45, 2.75) is 79.3 Å². The first-order valence-corrected chi connectivity index (χ1v) is 16.3. The number of hydrogen-bond acceptors (Lipinski definition) is 8. The van der Waals surface area contributed by atoms with Crippen LogP contribution in [0, 0.1) is 25.2 Å². The minimum atomic E-state index is -0.453. The van der Waals surface area contributed by atoms with E-state index in [0.717, 1.165) is 39.7 Å². The maximum atomic E-state index is 11.7. The zero-order chi connectivity index (χ0) is 35.1. The molecule has 2 heterocycles. The number of aliphatic hydroxyl groups excluding tert-OH is 1. The van der Waals surface area contributed by atoms with Gasteiger partial charge in [0.25, 0.3) is 0 Å². The maximum Gasteiger partial charge on any atom is 0.495 e. The second kappa shape index (κ2) is 15.8. The molecular formula is C38H42BClN2O6. The van der Waals surface area contributed by atoms with Gasteiger partial charge in [-0.05, 0) is 93.4 Å². The van der Waals surface area contributed by atoms with E-state index in [9.17, 15) is 4.79 Å². The standard InChI is InChI=1S/C35H34BClN2O5.C3H8O/c1-22-26(9-7-10-28(22)29-11-8-12-30(23(29)2)36-43-34(3,4)35(5,6)44-36)21-42-33-15-32(27(19-40)14-31(33)37)41-20-25-13-24(16-38)17-39-18-25;1-2-3-4/h7-15,17-19H,20-21H2,1-6H3;4H,2-3H2,1H3. The van der Waals surface area contributed by atoms with Crippen molar-refractivity contribution in [3.63, 3.8) is 0 Å². The van der Waals surface area contributed by atoms with Crippen molar-refractivity contribution >= 4 is 30.5 Å². The Labute approximate surface area is 288 Å². The lowest BCUT2D eigenvalue weighted by atomic mass is 9.74. The number of benzene rings is 3. The Morgan fingerprint density at radius 3 is 2.19 bits per heavy atom. The first-order chi connectivity index (χ1) is 22.8. The zero-order valence-electron chi connectivity index (χ0n) is 28.6. The Kier molecular flexibility index (Phi) is 12.1. The molecule has 3 aromatic carbocycles. The third-order valence-electron chi connectivity index (χ3n) is 8.74. The number of aldehydes is 1. The van der Waals surface area contributed by atoms with Gasteiger partial charge in [-0.15, -0.1) is 0 Å². The summed E-state index contributed by atoms with van der Waals surface area (Å²) in [5, 5.41) is 17.3. The molecule has 0 bridgehead atoms. The lowest BCUT2D eigenvalue weighted by molar-refractivity contribution is 0.00578. The highest BCUT2D eigenvalue weighted by atomic mass is 35.5. The van der Waals surface area contributed by atoms with Crippen LogP contribution in [0.5, 0.6) is 11.5 Å². The first-order valence-electron chi connectivity index (χ1n) is 15.9. The van der Waals surface area contributed by atoms with Crippen LogP contribution in [0.4, 0.5) is 0 Å². The van der Waals surface area contributed by atoms with E-state index < -0.39 is 18.3 Å². The van der Waals surface area contributed by atoms with E-state index in [0.29, 0.717) is 46.1 Å². The Balaban J connectivity index is 0.00000123. The second-order valence-corrected chi connectivity index (χ2v) is 13.0. The summed E-state index contributed by atoms with van der Waals surface area (Å²) in [6.45, 7) is 15.0. The zero-order valence-corrected chi connectivity index (χ0v) is 29.4. The van der Waals surface area contributed by atoms with Crippen LogP contribution in [-0.2, 0) is 22.5 Å². The average molecular weight is 669 g/mol. The van der Waals surface area contributed by atoms with Gasteiger partial charge in [0.2, 0.25) is 0 Å². The third kappa shape index (κ3) is 8.26. The number of nitriles is 1. The second-order valence-electron chi connectivity index (χ2n) is 12.6. The summed E-state index contributed by atoms with van der Waals surface area (Å²) in [5.41, 5.74) is 6.90. The van der Waals surface area contributed by atoms with Crippen molar-refractivity contribution in [3.05, 3.63) is 105 Å². The van der Waals surface area contributed by atoms with Crippen LogP contribution in [0.1, 0.15) is 79.2 Å². The van der Waals surface area contributed by atoms with Gasteiger partial charge < -0.3 is 23.9 Å². The van der Waals surface area contributed by atoms with Crippen LogP contribution in [0.15, 0.2) is 67.0 Å².